The predicted molar refractivity (Wildman–Crippen MR) is 63.8 cm³/mol. The summed E-state index contributed by atoms with van der Waals surface area (Å²) in [6, 6.07) is 4.32. The minimum absolute atomic E-state index is 0.572. The lowest BCUT2D eigenvalue weighted by Crippen LogP contribution is -1.98. The molecule has 2 heterocycles. The highest BCUT2D eigenvalue weighted by molar-refractivity contribution is 8.12. The molecule has 1 saturated heterocycles. The van der Waals surface area contributed by atoms with Crippen molar-refractivity contribution in [3.8, 4) is 0 Å². The number of rotatable bonds is 2. The Labute approximate surface area is 90.9 Å². The summed E-state index contributed by atoms with van der Waals surface area (Å²) in [7, 11) is 0. The molecule has 1 aliphatic heterocycles. The first-order chi connectivity index (χ1) is 5.84. The third-order valence-corrected chi connectivity index (χ3v) is 6.06. The summed E-state index contributed by atoms with van der Waals surface area (Å²) in [6.07, 6.45) is 1.25. The van der Waals surface area contributed by atoms with Gasteiger partial charge < -0.3 is 0 Å². The van der Waals surface area contributed by atoms with Gasteiger partial charge in [-0.3, -0.25) is 0 Å². The molecule has 2 atom stereocenters. The van der Waals surface area contributed by atoms with Crippen LogP contribution in [0.4, 0.5) is 0 Å². The van der Waals surface area contributed by atoms with Crippen LogP contribution in [0.15, 0.2) is 21.7 Å². The molecule has 0 bridgehead atoms. The van der Waals surface area contributed by atoms with Crippen LogP contribution < -0.4 is 0 Å². The third kappa shape index (κ3) is 2.37. The van der Waals surface area contributed by atoms with Crippen molar-refractivity contribution in [3.05, 3.63) is 17.5 Å². The minimum Gasteiger partial charge on any atom is -0.165 e. The van der Waals surface area contributed by atoms with Crippen molar-refractivity contribution in [2.45, 2.75) is 20.5 Å². The van der Waals surface area contributed by atoms with Crippen LogP contribution in [0.1, 0.15) is 6.42 Å². The predicted octanol–water partition coefficient (Wildman–Crippen LogP) is 3.60. The van der Waals surface area contributed by atoms with Gasteiger partial charge in [0, 0.05) is 15.6 Å². The van der Waals surface area contributed by atoms with Gasteiger partial charge in [-0.15, -0.1) is 34.9 Å². The Morgan fingerprint density at radius 3 is 3.08 bits per heavy atom. The SMILES string of the molecule is SC1CC(Sc2cccs2)CS1. The Morgan fingerprint density at radius 1 is 1.58 bits per heavy atom. The third-order valence-electron chi connectivity index (χ3n) is 1.72. The van der Waals surface area contributed by atoms with Crippen LogP contribution in [0.25, 0.3) is 0 Å². The van der Waals surface area contributed by atoms with Crippen LogP contribution >= 0.6 is 47.5 Å². The zero-order valence-electron chi connectivity index (χ0n) is 6.47. The van der Waals surface area contributed by atoms with Crippen molar-refractivity contribution < 1.29 is 0 Å². The van der Waals surface area contributed by atoms with Crippen LogP contribution in [0.2, 0.25) is 0 Å². The molecule has 0 N–H and O–H groups in total. The van der Waals surface area contributed by atoms with Crippen LogP contribution in [0.3, 0.4) is 0 Å². The molecule has 2 rings (SSSR count). The zero-order valence-corrected chi connectivity index (χ0v) is 9.82. The first-order valence-corrected chi connectivity index (χ1v) is 7.17. The average molecular weight is 234 g/mol. The second kappa shape index (κ2) is 4.31. The molecule has 0 radical (unpaired) electrons. The van der Waals surface area contributed by atoms with Crippen molar-refractivity contribution in [2.24, 2.45) is 0 Å². The van der Waals surface area contributed by atoms with Crippen molar-refractivity contribution in [1.82, 2.24) is 0 Å². The quantitative estimate of drug-likeness (QED) is 0.777. The van der Waals surface area contributed by atoms with E-state index in [0.717, 1.165) is 5.25 Å². The molecular formula is C8H10S4. The van der Waals surface area contributed by atoms with Gasteiger partial charge in [0.1, 0.15) is 0 Å². The van der Waals surface area contributed by atoms with Crippen LogP contribution in [-0.4, -0.2) is 15.6 Å². The fourth-order valence-electron chi connectivity index (χ4n) is 1.16. The summed E-state index contributed by atoms with van der Waals surface area (Å²) in [4.78, 5) is 0. The van der Waals surface area contributed by atoms with Gasteiger partial charge in [-0.1, -0.05) is 6.07 Å². The van der Waals surface area contributed by atoms with E-state index in [4.69, 9.17) is 0 Å². The highest BCUT2D eigenvalue weighted by Crippen LogP contribution is 2.40. The lowest BCUT2D eigenvalue weighted by Gasteiger charge is -2.04. The summed E-state index contributed by atoms with van der Waals surface area (Å²) < 4.78 is 2.02. The van der Waals surface area contributed by atoms with Gasteiger partial charge in [-0.2, -0.15) is 12.6 Å². The Balaban J connectivity index is 1.88. The van der Waals surface area contributed by atoms with E-state index in [1.807, 2.05) is 34.9 Å². The van der Waals surface area contributed by atoms with Gasteiger partial charge in [0.15, 0.2) is 0 Å². The fourth-order valence-corrected chi connectivity index (χ4v) is 5.40. The maximum Gasteiger partial charge on any atom is 0.0601 e. The molecule has 0 saturated carbocycles. The average Bonchev–Trinajstić information content (AvgIpc) is 2.63. The second-order valence-electron chi connectivity index (χ2n) is 2.70. The van der Waals surface area contributed by atoms with E-state index < -0.39 is 0 Å². The molecule has 0 amide bonds. The molecule has 1 aromatic rings. The summed E-state index contributed by atoms with van der Waals surface area (Å²) in [6.45, 7) is 0. The summed E-state index contributed by atoms with van der Waals surface area (Å²) >= 11 is 10.3. The monoisotopic (exact) mass is 234 g/mol. The summed E-state index contributed by atoms with van der Waals surface area (Å²) in [5, 5.41) is 2.93. The number of hydrogen-bond acceptors (Lipinski definition) is 4. The number of hydrogen-bond donors (Lipinski definition) is 1. The second-order valence-corrected chi connectivity index (χ2v) is 7.45. The Kier molecular flexibility index (Phi) is 3.34. The van der Waals surface area contributed by atoms with E-state index in [9.17, 15) is 0 Å². The molecule has 0 spiro atoms. The molecule has 0 aliphatic carbocycles. The molecule has 4 heteroatoms. The first kappa shape index (κ1) is 9.31. The standard InChI is InChI=1S/C8H10S4/c9-7-4-6(5-11-7)12-8-2-1-3-10-8/h1-3,6-7,9H,4-5H2. The molecule has 2 unspecified atom stereocenters. The van der Waals surface area contributed by atoms with Crippen molar-refractivity contribution in [2.75, 3.05) is 5.75 Å². The highest BCUT2D eigenvalue weighted by Gasteiger charge is 2.23. The molecule has 12 heavy (non-hydrogen) atoms. The van der Waals surface area contributed by atoms with E-state index in [-0.39, 0.29) is 0 Å². The van der Waals surface area contributed by atoms with Gasteiger partial charge in [0.2, 0.25) is 0 Å². The number of thiophene rings is 1. The van der Waals surface area contributed by atoms with Crippen molar-refractivity contribution in [3.63, 3.8) is 0 Å². The highest BCUT2D eigenvalue weighted by atomic mass is 32.2. The Bertz CT molecular complexity index is 231. The summed E-state index contributed by atoms with van der Waals surface area (Å²) in [5.74, 6) is 1.26. The smallest absolute Gasteiger partial charge is 0.0601 e. The molecule has 0 nitrogen and oxygen atoms in total. The van der Waals surface area contributed by atoms with Gasteiger partial charge in [-0.05, 0) is 17.9 Å². The zero-order chi connectivity index (χ0) is 8.39. The molecule has 66 valence electrons. The first-order valence-electron chi connectivity index (χ1n) is 3.84. The van der Waals surface area contributed by atoms with E-state index in [1.165, 1.54) is 16.4 Å². The van der Waals surface area contributed by atoms with Crippen LogP contribution in [0, 0.1) is 0 Å². The van der Waals surface area contributed by atoms with E-state index in [0.29, 0.717) is 4.58 Å². The van der Waals surface area contributed by atoms with Gasteiger partial charge in [0.25, 0.3) is 0 Å². The summed E-state index contributed by atoms with van der Waals surface area (Å²) in [5.41, 5.74) is 0. The van der Waals surface area contributed by atoms with Crippen LogP contribution in [-0.2, 0) is 0 Å². The number of thiol groups is 1. The molecular weight excluding hydrogens is 224 g/mol. The Morgan fingerprint density at radius 2 is 2.50 bits per heavy atom. The van der Waals surface area contributed by atoms with Crippen LogP contribution in [0.5, 0.6) is 0 Å². The normalized spacial score (nSPS) is 29.4. The molecule has 1 aromatic heterocycles. The van der Waals surface area contributed by atoms with Crippen molar-refractivity contribution in [1.29, 1.82) is 0 Å². The lowest BCUT2D eigenvalue weighted by atomic mass is 10.4. The molecule has 0 aromatic carbocycles. The van der Waals surface area contributed by atoms with Crippen molar-refractivity contribution >= 4 is 47.5 Å². The number of thioether (sulfide) groups is 2. The lowest BCUT2D eigenvalue weighted by molar-refractivity contribution is 0.947. The topological polar surface area (TPSA) is 0 Å². The fraction of sp³-hybridized carbons (Fsp3) is 0.500. The maximum atomic E-state index is 4.46. The van der Waals surface area contributed by atoms with Gasteiger partial charge >= 0.3 is 0 Å². The minimum atomic E-state index is 0.572. The largest absolute Gasteiger partial charge is 0.165 e. The maximum absolute atomic E-state index is 4.46. The van der Waals surface area contributed by atoms with E-state index in [2.05, 4.69) is 30.1 Å². The molecule has 1 aliphatic rings. The van der Waals surface area contributed by atoms with Gasteiger partial charge in [0.05, 0.1) is 4.21 Å². The Hall–Kier alpha value is 0.750. The van der Waals surface area contributed by atoms with E-state index in [1.54, 1.807) is 0 Å². The molecule has 1 fully saturated rings. The van der Waals surface area contributed by atoms with Gasteiger partial charge in [-0.25, -0.2) is 0 Å². The van der Waals surface area contributed by atoms with E-state index >= 15 is 0 Å².